The molecule has 2 heteroatoms. The van der Waals surface area contributed by atoms with Crippen molar-refractivity contribution < 1.29 is 9.90 Å². The van der Waals surface area contributed by atoms with Crippen LogP contribution in [-0.2, 0) is 4.79 Å². The third kappa shape index (κ3) is 12.2. The highest BCUT2D eigenvalue weighted by atomic mass is 16.3. The number of ketones is 1. The van der Waals surface area contributed by atoms with E-state index >= 15 is 0 Å². The molecule has 1 unspecified atom stereocenters. The number of unbranched alkanes of at least 4 members (excludes halogenated alkanes) is 6. The summed E-state index contributed by atoms with van der Waals surface area (Å²) in [7, 11) is 0. The fourth-order valence-corrected chi connectivity index (χ4v) is 2.36. The van der Waals surface area contributed by atoms with Gasteiger partial charge in [0.15, 0.2) is 0 Å². The minimum atomic E-state index is -0.827. The third-order valence-corrected chi connectivity index (χ3v) is 3.57. The van der Waals surface area contributed by atoms with Crippen LogP contribution in [0.3, 0.4) is 0 Å². The average Bonchev–Trinajstić information content (AvgIpc) is 2.37. The molecule has 0 saturated carbocycles. The van der Waals surface area contributed by atoms with Crippen LogP contribution >= 0.6 is 0 Å². The van der Waals surface area contributed by atoms with Gasteiger partial charge in [-0.3, -0.25) is 4.79 Å². The standard InChI is InChI=1S/C18H32O2/c1-4-6-8-10-12-14-17(19)16-18(3,20)15-13-11-9-7-5-2/h4-5,20H,1-2,6-16H2,3H3. The second kappa shape index (κ2) is 11.9. The Bertz CT molecular complexity index is 279. The van der Waals surface area contributed by atoms with E-state index in [0.29, 0.717) is 19.3 Å². The van der Waals surface area contributed by atoms with Crippen LogP contribution in [0.2, 0.25) is 0 Å². The minimum absolute atomic E-state index is 0.194. The van der Waals surface area contributed by atoms with Crippen molar-refractivity contribution in [2.75, 3.05) is 0 Å². The van der Waals surface area contributed by atoms with Crippen molar-refractivity contribution in [1.29, 1.82) is 0 Å². The summed E-state index contributed by atoms with van der Waals surface area (Å²) in [5.74, 6) is 0.194. The van der Waals surface area contributed by atoms with E-state index in [0.717, 1.165) is 51.4 Å². The van der Waals surface area contributed by atoms with Crippen LogP contribution < -0.4 is 0 Å². The Kier molecular flexibility index (Phi) is 11.4. The van der Waals surface area contributed by atoms with E-state index in [1.54, 1.807) is 6.92 Å². The highest BCUT2D eigenvalue weighted by Crippen LogP contribution is 2.20. The normalized spacial score (nSPS) is 13.7. The Morgan fingerprint density at radius 2 is 1.55 bits per heavy atom. The van der Waals surface area contributed by atoms with Gasteiger partial charge in [0.05, 0.1) is 5.60 Å². The van der Waals surface area contributed by atoms with Crippen molar-refractivity contribution in [3.63, 3.8) is 0 Å². The molecule has 0 aliphatic heterocycles. The molecule has 0 saturated heterocycles. The maximum absolute atomic E-state index is 11.8. The molecule has 0 spiro atoms. The number of hydrogen-bond donors (Lipinski definition) is 1. The van der Waals surface area contributed by atoms with Crippen molar-refractivity contribution in [2.45, 2.75) is 83.2 Å². The highest BCUT2D eigenvalue weighted by Gasteiger charge is 2.23. The van der Waals surface area contributed by atoms with Crippen LogP contribution in [0.5, 0.6) is 0 Å². The lowest BCUT2D eigenvalue weighted by Crippen LogP contribution is -2.27. The van der Waals surface area contributed by atoms with Crippen molar-refractivity contribution >= 4 is 5.78 Å². The van der Waals surface area contributed by atoms with Gasteiger partial charge in [0.25, 0.3) is 0 Å². The molecule has 1 N–H and O–H groups in total. The molecule has 0 amide bonds. The van der Waals surface area contributed by atoms with Crippen molar-refractivity contribution in [1.82, 2.24) is 0 Å². The second-order valence-electron chi connectivity index (χ2n) is 5.99. The molecule has 0 bridgehead atoms. The van der Waals surface area contributed by atoms with E-state index in [1.165, 1.54) is 0 Å². The van der Waals surface area contributed by atoms with Crippen LogP contribution in [0.1, 0.15) is 77.6 Å². The number of rotatable bonds is 14. The zero-order valence-corrected chi connectivity index (χ0v) is 13.2. The van der Waals surface area contributed by atoms with Crippen LogP contribution in [0.15, 0.2) is 25.3 Å². The van der Waals surface area contributed by atoms with Gasteiger partial charge in [-0.1, -0.05) is 31.4 Å². The van der Waals surface area contributed by atoms with Crippen LogP contribution in [0.4, 0.5) is 0 Å². The third-order valence-electron chi connectivity index (χ3n) is 3.57. The molecule has 0 aromatic heterocycles. The number of carbonyl (C=O) groups is 1. The maximum Gasteiger partial charge on any atom is 0.135 e. The van der Waals surface area contributed by atoms with Crippen LogP contribution in [0.25, 0.3) is 0 Å². The van der Waals surface area contributed by atoms with Gasteiger partial charge in [0.1, 0.15) is 5.78 Å². The van der Waals surface area contributed by atoms with Crippen molar-refractivity contribution in [2.24, 2.45) is 0 Å². The van der Waals surface area contributed by atoms with Gasteiger partial charge in [-0.2, -0.15) is 0 Å². The SMILES string of the molecule is C=CCCCCCC(=O)CC(C)(O)CCCCCC=C. The molecule has 0 heterocycles. The van der Waals surface area contributed by atoms with Gasteiger partial charge >= 0.3 is 0 Å². The lowest BCUT2D eigenvalue weighted by Gasteiger charge is -2.22. The van der Waals surface area contributed by atoms with E-state index in [2.05, 4.69) is 13.2 Å². The molecule has 0 radical (unpaired) electrons. The number of hydrogen-bond acceptors (Lipinski definition) is 2. The van der Waals surface area contributed by atoms with Gasteiger partial charge in [0.2, 0.25) is 0 Å². The van der Waals surface area contributed by atoms with Gasteiger partial charge in [0, 0.05) is 12.8 Å². The number of Topliss-reactive ketones (excluding diaryl/α,β-unsaturated/α-hetero) is 1. The molecule has 2 nitrogen and oxygen atoms in total. The van der Waals surface area contributed by atoms with E-state index in [9.17, 15) is 9.90 Å². The zero-order valence-electron chi connectivity index (χ0n) is 13.2. The molecule has 116 valence electrons. The molecule has 0 fully saturated rings. The summed E-state index contributed by atoms with van der Waals surface area (Å²) in [6.45, 7) is 9.17. The summed E-state index contributed by atoms with van der Waals surface area (Å²) in [4.78, 5) is 11.8. The quantitative estimate of drug-likeness (QED) is 0.360. The van der Waals surface area contributed by atoms with Gasteiger partial charge in [-0.15, -0.1) is 13.2 Å². The van der Waals surface area contributed by atoms with Crippen LogP contribution in [0, 0.1) is 0 Å². The molecule has 0 aliphatic rings. The van der Waals surface area contributed by atoms with Gasteiger partial charge in [-0.25, -0.2) is 0 Å². The highest BCUT2D eigenvalue weighted by molar-refractivity contribution is 5.79. The molecule has 20 heavy (non-hydrogen) atoms. The van der Waals surface area contributed by atoms with Gasteiger partial charge in [-0.05, 0) is 45.4 Å². The molecular weight excluding hydrogens is 248 g/mol. The molecule has 0 aromatic carbocycles. The lowest BCUT2D eigenvalue weighted by atomic mass is 9.91. The van der Waals surface area contributed by atoms with Crippen LogP contribution in [-0.4, -0.2) is 16.5 Å². The molecule has 1 atom stereocenters. The number of aliphatic hydroxyl groups is 1. The number of allylic oxidation sites excluding steroid dienone is 2. The smallest absolute Gasteiger partial charge is 0.135 e. The summed E-state index contributed by atoms with van der Waals surface area (Å²) in [5.41, 5.74) is -0.827. The molecular formula is C18H32O2. The molecule has 0 aliphatic carbocycles. The first-order chi connectivity index (χ1) is 9.52. The zero-order chi connectivity index (χ0) is 15.3. The predicted molar refractivity (Wildman–Crippen MR) is 86.8 cm³/mol. The van der Waals surface area contributed by atoms with Gasteiger partial charge < -0.3 is 5.11 Å². The fraction of sp³-hybridized carbons (Fsp3) is 0.722. The van der Waals surface area contributed by atoms with E-state index in [4.69, 9.17) is 0 Å². The predicted octanol–water partition coefficient (Wildman–Crippen LogP) is 4.97. The Morgan fingerprint density at radius 1 is 1.00 bits per heavy atom. The Hall–Kier alpha value is -0.890. The minimum Gasteiger partial charge on any atom is -0.390 e. The Morgan fingerprint density at radius 3 is 2.10 bits per heavy atom. The fourth-order valence-electron chi connectivity index (χ4n) is 2.36. The van der Waals surface area contributed by atoms with Crippen molar-refractivity contribution in [3.8, 4) is 0 Å². The summed E-state index contributed by atoms with van der Waals surface area (Å²) >= 11 is 0. The Labute approximate surface area is 125 Å². The largest absolute Gasteiger partial charge is 0.390 e. The van der Waals surface area contributed by atoms with E-state index in [-0.39, 0.29) is 5.78 Å². The summed E-state index contributed by atoms with van der Waals surface area (Å²) in [5, 5.41) is 10.2. The topological polar surface area (TPSA) is 37.3 Å². The first kappa shape index (κ1) is 19.1. The lowest BCUT2D eigenvalue weighted by molar-refractivity contribution is -0.123. The van der Waals surface area contributed by atoms with E-state index < -0.39 is 5.60 Å². The van der Waals surface area contributed by atoms with Crippen molar-refractivity contribution in [3.05, 3.63) is 25.3 Å². The second-order valence-corrected chi connectivity index (χ2v) is 5.99. The monoisotopic (exact) mass is 280 g/mol. The van der Waals surface area contributed by atoms with E-state index in [1.807, 2.05) is 12.2 Å². The molecule has 0 rings (SSSR count). The average molecular weight is 280 g/mol. The summed E-state index contributed by atoms with van der Waals surface area (Å²) < 4.78 is 0. The summed E-state index contributed by atoms with van der Waals surface area (Å²) in [6, 6.07) is 0. The summed E-state index contributed by atoms with van der Waals surface area (Å²) in [6.07, 6.45) is 13.8. The molecule has 0 aromatic rings. The number of carbonyl (C=O) groups excluding carboxylic acids is 1. The first-order valence-corrected chi connectivity index (χ1v) is 7.97. The first-order valence-electron chi connectivity index (χ1n) is 7.97. The maximum atomic E-state index is 11.8. The Balaban J connectivity index is 3.68.